The van der Waals surface area contributed by atoms with E-state index in [1.807, 2.05) is 0 Å². The minimum atomic E-state index is -5.14. The Bertz CT molecular complexity index is 2030. The van der Waals surface area contributed by atoms with Crippen LogP contribution in [-0.2, 0) is 24.3 Å². The van der Waals surface area contributed by atoms with Crippen molar-refractivity contribution in [2.75, 3.05) is 26.4 Å². The van der Waals surface area contributed by atoms with Crippen LogP contribution >= 0.6 is 0 Å². The summed E-state index contributed by atoms with van der Waals surface area (Å²) in [5.74, 6) is -44.2. The summed E-state index contributed by atoms with van der Waals surface area (Å²) in [5, 5.41) is -5.14. The molecule has 0 aliphatic carbocycles. The molecule has 4 nitrogen and oxygen atoms in total. The Morgan fingerprint density at radius 1 is 0.315 bits per heavy atom. The van der Waals surface area contributed by atoms with Crippen LogP contribution in [-0.4, -0.2) is 33.7 Å². The summed E-state index contributed by atoms with van der Waals surface area (Å²) in [6.45, 7) is -2.46. The largest absolute Gasteiger partial charge is 0.368 e. The van der Waals surface area contributed by atoms with Crippen LogP contribution < -0.4 is 5.46 Å². The van der Waals surface area contributed by atoms with Gasteiger partial charge in [-0.05, 0) is 5.46 Å². The summed E-state index contributed by atoms with van der Waals surface area (Å²) >= 11 is 0. The SMILES string of the molecule is Fc1c(F)c(C2CO2)c(F)c(F)c1[B]C(c1c(F)c(F)c(C2CO2)c(F)c1F)(c1c(F)c(F)c(C2CO2)c(F)c1F)c1c(F)c(F)c(C2CO2)c(F)c1F. The molecule has 4 atom stereocenters. The van der Waals surface area contributed by atoms with Crippen molar-refractivity contribution in [3.8, 4) is 0 Å². The molecule has 21 heteroatoms. The molecule has 4 aliphatic heterocycles. The zero-order valence-electron chi connectivity index (χ0n) is 25.9. The van der Waals surface area contributed by atoms with E-state index in [-0.39, 0.29) is 0 Å². The minimum absolute atomic E-state index is 0.552. The Balaban J connectivity index is 1.61. The van der Waals surface area contributed by atoms with Crippen molar-refractivity contribution in [2.24, 2.45) is 0 Å². The van der Waals surface area contributed by atoms with E-state index in [2.05, 4.69) is 18.9 Å². The van der Waals surface area contributed by atoms with Crippen LogP contribution in [0.3, 0.4) is 0 Å². The molecule has 8 rings (SSSR count). The van der Waals surface area contributed by atoms with Crippen molar-refractivity contribution < 1.29 is 89.2 Å². The van der Waals surface area contributed by atoms with Gasteiger partial charge in [0.05, 0.1) is 48.7 Å². The van der Waals surface area contributed by atoms with Gasteiger partial charge in [0.15, 0.2) is 100 Å². The van der Waals surface area contributed by atoms with Crippen molar-refractivity contribution in [2.45, 2.75) is 29.7 Å². The van der Waals surface area contributed by atoms with Crippen molar-refractivity contribution in [1.82, 2.24) is 0 Å². The average molecular weight is 787 g/mol. The molecule has 283 valence electrons. The molecule has 0 saturated carbocycles. The molecule has 0 spiro atoms. The van der Waals surface area contributed by atoms with Gasteiger partial charge in [-0.1, -0.05) is 0 Å². The van der Waals surface area contributed by atoms with Crippen molar-refractivity contribution in [3.63, 3.8) is 0 Å². The quantitative estimate of drug-likeness (QED) is 0.0580. The molecule has 0 aromatic heterocycles. The van der Waals surface area contributed by atoms with E-state index in [0.717, 1.165) is 0 Å². The maximum atomic E-state index is 16.4. The lowest BCUT2D eigenvalue weighted by atomic mass is 9.40. The van der Waals surface area contributed by atoms with E-state index in [1.54, 1.807) is 0 Å². The summed E-state index contributed by atoms with van der Waals surface area (Å²) in [4.78, 5) is 0. The number of halogens is 16. The van der Waals surface area contributed by atoms with E-state index in [4.69, 9.17) is 0 Å². The van der Waals surface area contributed by atoms with E-state index < -0.39 is 201 Å². The van der Waals surface area contributed by atoms with Gasteiger partial charge in [0.2, 0.25) is 0 Å². The van der Waals surface area contributed by atoms with Gasteiger partial charge in [-0.3, -0.25) is 0 Å². The smallest absolute Gasteiger partial charge is 0.185 e. The third-order valence-corrected chi connectivity index (χ3v) is 9.39. The Morgan fingerprint density at radius 3 is 0.685 bits per heavy atom. The summed E-state index contributed by atoms with van der Waals surface area (Å²) in [6, 6.07) is 0. The van der Waals surface area contributed by atoms with Crippen molar-refractivity contribution >= 4 is 12.7 Å². The molecule has 4 saturated heterocycles. The lowest BCUT2D eigenvalue weighted by molar-refractivity contribution is 0.352. The molecule has 1 radical (unpaired) electrons. The zero-order valence-corrected chi connectivity index (χ0v) is 25.9. The second-order valence-electron chi connectivity index (χ2n) is 12.5. The van der Waals surface area contributed by atoms with E-state index in [9.17, 15) is 0 Å². The molecular weight excluding hydrogens is 775 g/mol. The van der Waals surface area contributed by atoms with Gasteiger partial charge >= 0.3 is 0 Å². The monoisotopic (exact) mass is 787 g/mol. The molecule has 0 amide bonds. The van der Waals surface area contributed by atoms with Crippen LogP contribution in [0.25, 0.3) is 0 Å². The van der Waals surface area contributed by atoms with Crippen LogP contribution in [0.5, 0.6) is 0 Å². The standard InChI is InChI=1S/C33H12BF16O4/c35-17-9(5-1-51-5)18(36)26(44)13(25(17)43)33(14-27(45)19(37)10(6-2-52-6)20(38)28(14)46,15-29(47)21(39)11(7-3-53-7)22(40)30(15)48)34-16-31(49)23(41)12(8-4-54-8)24(42)32(16)50/h5-8H,1-4H2. The van der Waals surface area contributed by atoms with Crippen LogP contribution in [0, 0.1) is 93.1 Å². The third-order valence-electron chi connectivity index (χ3n) is 9.39. The molecule has 0 bridgehead atoms. The van der Waals surface area contributed by atoms with E-state index >= 15 is 70.2 Å². The summed E-state index contributed by atoms with van der Waals surface area (Å²) in [6.07, 6.45) is -7.11. The Hall–Kier alpha value is -4.34. The lowest BCUT2D eigenvalue weighted by Crippen LogP contribution is -2.50. The number of rotatable bonds is 9. The number of hydrogen-bond donors (Lipinski definition) is 0. The van der Waals surface area contributed by atoms with Gasteiger partial charge in [-0.25, -0.2) is 70.2 Å². The molecule has 54 heavy (non-hydrogen) atoms. The van der Waals surface area contributed by atoms with Gasteiger partial charge in [0.1, 0.15) is 24.4 Å². The van der Waals surface area contributed by atoms with Crippen LogP contribution in [0.2, 0.25) is 0 Å². The highest BCUT2D eigenvalue weighted by Gasteiger charge is 2.56. The Kier molecular flexibility index (Phi) is 8.37. The lowest BCUT2D eigenvalue weighted by Gasteiger charge is -2.38. The zero-order chi connectivity index (χ0) is 39.0. The van der Waals surface area contributed by atoms with Crippen LogP contribution in [0.15, 0.2) is 0 Å². The van der Waals surface area contributed by atoms with Crippen LogP contribution in [0.4, 0.5) is 70.2 Å². The molecule has 4 aliphatic rings. The Morgan fingerprint density at radius 2 is 0.500 bits per heavy atom. The maximum absolute atomic E-state index is 16.4. The second kappa shape index (κ2) is 12.3. The van der Waals surface area contributed by atoms with Crippen molar-refractivity contribution in [3.05, 3.63) is 132 Å². The highest BCUT2D eigenvalue weighted by atomic mass is 19.2. The predicted molar refractivity (Wildman–Crippen MR) is 145 cm³/mol. The average Bonchev–Trinajstić information content (AvgIpc) is 3.92. The minimum Gasteiger partial charge on any atom is -0.368 e. The fraction of sp³-hybridized carbons (Fsp3) is 0.273. The van der Waals surface area contributed by atoms with Crippen LogP contribution in [0.1, 0.15) is 63.4 Å². The summed E-state index contributed by atoms with van der Waals surface area (Å²) < 4.78 is 274. The first-order valence-electron chi connectivity index (χ1n) is 15.2. The predicted octanol–water partition coefficient (Wildman–Crippen LogP) is 7.52. The van der Waals surface area contributed by atoms with E-state index in [1.165, 1.54) is 0 Å². The summed E-state index contributed by atoms with van der Waals surface area (Å²) in [7, 11) is -0.934. The first-order valence-corrected chi connectivity index (χ1v) is 15.2. The van der Waals surface area contributed by atoms with Gasteiger partial charge in [-0.15, -0.1) is 0 Å². The number of epoxide rings is 4. The third kappa shape index (κ3) is 5.10. The maximum Gasteiger partial charge on any atom is 0.185 e. The highest BCUT2D eigenvalue weighted by Crippen LogP contribution is 2.52. The molecule has 4 unspecified atom stereocenters. The highest BCUT2D eigenvalue weighted by molar-refractivity contribution is 6.59. The van der Waals surface area contributed by atoms with E-state index in [0.29, 0.717) is 0 Å². The fourth-order valence-electron chi connectivity index (χ4n) is 6.57. The number of ether oxygens (including phenoxy) is 4. The van der Waals surface area contributed by atoms with Gasteiger partial charge in [0, 0.05) is 22.0 Å². The first-order chi connectivity index (χ1) is 25.5. The fourth-order valence-corrected chi connectivity index (χ4v) is 6.57. The van der Waals surface area contributed by atoms with Gasteiger partial charge in [-0.2, -0.15) is 0 Å². The van der Waals surface area contributed by atoms with Gasteiger partial charge < -0.3 is 18.9 Å². The molecule has 0 N–H and O–H groups in total. The normalized spacial score (nSPS) is 22.4. The Labute approximate surface area is 290 Å². The molecule has 4 heterocycles. The topological polar surface area (TPSA) is 50.1 Å². The van der Waals surface area contributed by atoms with Gasteiger partial charge in [0.25, 0.3) is 0 Å². The molecule has 4 aromatic rings. The molecule has 4 aromatic carbocycles. The van der Waals surface area contributed by atoms with Crippen molar-refractivity contribution in [1.29, 1.82) is 0 Å². The first kappa shape index (κ1) is 36.6. The number of benzene rings is 4. The second-order valence-corrected chi connectivity index (χ2v) is 12.5. The number of hydrogen-bond acceptors (Lipinski definition) is 4. The molecular formula is C33H12BF16O4. The molecule has 4 fully saturated rings. The summed E-state index contributed by atoms with van der Waals surface area (Å²) in [5.41, 5.74) is -17.6.